The minimum Gasteiger partial charge on any atom is -0.357 e. The Hall–Kier alpha value is -1.36. The number of aromatic nitrogens is 1. The molecule has 4 rings (SSSR count). The number of hydrogen-bond acceptors (Lipinski definition) is 3. The standard InChI is InChI=1S/C15H18N2O2/c1-2-18-14-9-13-15-11(7-8-17(13)19-14)10-5-3-4-6-12(10)16-15/h3-6,13-14,16H,2,7-9H2,1H3/t13-,14-/m1/s1. The molecule has 0 spiro atoms. The van der Waals surface area contributed by atoms with Gasteiger partial charge in [0.15, 0.2) is 6.29 Å². The number of nitrogens with one attached hydrogen (secondary N) is 1. The Morgan fingerprint density at radius 2 is 2.32 bits per heavy atom. The number of para-hydroxylation sites is 1. The topological polar surface area (TPSA) is 37.5 Å². The van der Waals surface area contributed by atoms with Gasteiger partial charge in [-0.05, 0) is 25.0 Å². The van der Waals surface area contributed by atoms with Crippen LogP contribution in [0.5, 0.6) is 0 Å². The fourth-order valence-electron chi connectivity index (χ4n) is 3.32. The van der Waals surface area contributed by atoms with E-state index >= 15 is 0 Å². The molecule has 2 aliphatic rings. The van der Waals surface area contributed by atoms with Gasteiger partial charge in [-0.2, -0.15) is 5.06 Å². The maximum atomic E-state index is 5.85. The van der Waals surface area contributed by atoms with E-state index in [4.69, 9.17) is 9.57 Å². The van der Waals surface area contributed by atoms with Crippen LogP contribution < -0.4 is 0 Å². The van der Waals surface area contributed by atoms with Crippen molar-refractivity contribution in [3.05, 3.63) is 35.5 Å². The van der Waals surface area contributed by atoms with Crippen LogP contribution in [0.15, 0.2) is 24.3 Å². The van der Waals surface area contributed by atoms with Gasteiger partial charge in [-0.25, -0.2) is 0 Å². The van der Waals surface area contributed by atoms with Gasteiger partial charge in [-0.3, -0.25) is 4.84 Å². The number of nitrogens with zero attached hydrogens (tertiary/aromatic N) is 1. The first-order chi connectivity index (χ1) is 9.36. The molecule has 2 aliphatic heterocycles. The van der Waals surface area contributed by atoms with E-state index in [1.165, 1.54) is 22.2 Å². The molecule has 0 unspecified atom stereocenters. The van der Waals surface area contributed by atoms with Crippen molar-refractivity contribution in [2.24, 2.45) is 0 Å². The van der Waals surface area contributed by atoms with E-state index in [9.17, 15) is 0 Å². The summed E-state index contributed by atoms with van der Waals surface area (Å²) >= 11 is 0. The van der Waals surface area contributed by atoms with Gasteiger partial charge in [-0.15, -0.1) is 0 Å². The number of ether oxygens (including phenoxy) is 1. The third kappa shape index (κ3) is 1.71. The zero-order chi connectivity index (χ0) is 12.8. The van der Waals surface area contributed by atoms with Crippen molar-refractivity contribution >= 4 is 10.9 Å². The fraction of sp³-hybridized carbons (Fsp3) is 0.467. The van der Waals surface area contributed by atoms with E-state index < -0.39 is 0 Å². The molecular formula is C15H18N2O2. The van der Waals surface area contributed by atoms with Crippen molar-refractivity contribution in [2.75, 3.05) is 13.2 Å². The van der Waals surface area contributed by atoms with Crippen molar-refractivity contribution in [2.45, 2.75) is 32.1 Å². The first-order valence-electron chi connectivity index (χ1n) is 7.01. The monoisotopic (exact) mass is 258 g/mol. The van der Waals surface area contributed by atoms with Crippen LogP contribution in [0.1, 0.15) is 30.6 Å². The van der Waals surface area contributed by atoms with Gasteiger partial charge in [0.2, 0.25) is 0 Å². The van der Waals surface area contributed by atoms with Crippen LogP contribution >= 0.6 is 0 Å². The first kappa shape index (κ1) is 11.5. The molecule has 3 heterocycles. The number of H-pyrrole nitrogens is 1. The molecule has 1 aromatic carbocycles. The third-order valence-electron chi connectivity index (χ3n) is 4.13. The van der Waals surface area contributed by atoms with Crippen molar-refractivity contribution in [3.8, 4) is 0 Å². The van der Waals surface area contributed by atoms with Gasteiger partial charge < -0.3 is 9.72 Å². The molecule has 2 atom stereocenters. The molecule has 1 fully saturated rings. The molecule has 1 saturated heterocycles. The minimum absolute atomic E-state index is 0.0904. The van der Waals surface area contributed by atoms with Crippen LogP contribution in [0, 0.1) is 0 Å². The molecule has 0 aliphatic carbocycles. The van der Waals surface area contributed by atoms with Gasteiger partial charge in [0, 0.05) is 36.2 Å². The second-order valence-electron chi connectivity index (χ2n) is 5.20. The van der Waals surface area contributed by atoms with Crippen molar-refractivity contribution in [1.29, 1.82) is 0 Å². The van der Waals surface area contributed by atoms with E-state index in [1.54, 1.807) is 0 Å². The summed E-state index contributed by atoms with van der Waals surface area (Å²) in [4.78, 5) is 9.42. The lowest BCUT2D eigenvalue weighted by atomic mass is 9.98. The minimum atomic E-state index is -0.0904. The Kier molecular flexibility index (Phi) is 2.62. The molecule has 0 saturated carbocycles. The fourth-order valence-corrected chi connectivity index (χ4v) is 3.32. The van der Waals surface area contributed by atoms with Gasteiger partial charge in [0.05, 0.1) is 6.04 Å². The smallest absolute Gasteiger partial charge is 0.179 e. The summed E-state index contributed by atoms with van der Waals surface area (Å²) in [5.41, 5.74) is 4.00. The normalized spacial score (nSPS) is 26.6. The number of hydroxylamine groups is 2. The third-order valence-corrected chi connectivity index (χ3v) is 4.13. The Morgan fingerprint density at radius 3 is 3.21 bits per heavy atom. The van der Waals surface area contributed by atoms with Crippen molar-refractivity contribution in [1.82, 2.24) is 10.0 Å². The van der Waals surface area contributed by atoms with E-state index in [1.807, 2.05) is 6.92 Å². The molecule has 2 aromatic rings. The largest absolute Gasteiger partial charge is 0.357 e. The van der Waals surface area contributed by atoms with E-state index in [-0.39, 0.29) is 6.29 Å². The number of aromatic amines is 1. The molecule has 4 heteroatoms. The van der Waals surface area contributed by atoms with E-state index in [2.05, 4.69) is 34.3 Å². The zero-order valence-corrected chi connectivity index (χ0v) is 11.1. The Balaban J connectivity index is 1.74. The highest BCUT2D eigenvalue weighted by Crippen LogP contribution is 2.41. The first-order valence-corrected chi connectivity index (χ1v) is 7.01. The summed E-state index contributed by atoms with van der Waals surface area (Å²) in [7, 11) is 0. The predicted octanol–water partition coefficient (Wildman–Crippen LogP) is 2.77. The molecule has 1 aromatic heterocycles. The summed E-state index contributed by atoms with van der Waals surface area (Å²) < 4.78 is 5.61. The molecule has 0 amide bonds. The Labute approximate surface area is 112 Å². The SMILES string of the molecule is CCO[C@H]1C[C@@H]2c3[nH]c4ccccc4c3CCN2O1. The average Bonchev–Trinajstić information content (AvgIpc) is 2.98. The van der Waals surface area contributed by atoms with Crippen LogP contribution in [0.4, 0.5) is 0 Å². The number of rotatable bonds is 2. The number of fused-ring (bicyclic) bond motifs is 5. The second-order valence-corrected chi connectivity index (χ2v) is 5.20. The summed E-state index contributed by atoms with van der Waals surface area (Å²) in [5.74, 6) is 0. The summed E-state index contributed by atoms with van der Waals surface area (Å²) in [5, 5.41) is 3.44. The summed E-state index contributed by atoms with van der Waals surface area (Å²) in [6.45, 7) is 3.66. The molecule has 1 N–H and O–H groups in total. The van der Waals surface area contributed by atoms with Gasteiger partial charge in [0.1, 0.15) is 0 Å². The van der Waals surface area contributed by atoms with Gasteiger partial charge >= 0.3 is 0 Å². The maximum absolute atomic E-state index is 5.85. The number of hydrogen-bond donors (Lipinski definition) is 1. The average molecular weight is 258 g/mol. The van der Waals surface area contributed by atoms with Crippen LogP contribution in [-0.4, -0.2) is 29.5 Å². The maximum Gasteiger partial charge on any atom is 0.179 e. The Bertz CT molecular complexity index is 607. The lowest BCUT2D eigenvalue weighted by molar-refractivity contribution is -0.240. The highest BCUT2D eigenvalue weighted by molar-refractivity contribution is 5.85. The van der Waals surface area contributed by atoms with Gasteiger partial charge in [-0.1, -0.05) is 18.2 Å². The molecule has 0 bridgehead atoms. The van der Waals surface area contributed by atoms with Crippen LogP contribution in [0.2, 0.25) is 0 Å². The highest BCUT2D eigenvalue weighted by atomic mass is 16.8. The van der Waals surface area contributed by atoms with E-state index in [0.29, 0.717) is 12.6 Å². The Morgan fingerprint density at radius 1 is 1.42 bits per heavy atom. The lowest BCUT2D eigenvalue weighted by Crippen LogP contribution is -2.30. The predicted molar refractivity (Wildman–Crippen MR) is 72.6 cm³/mol. The lowest BCUT2D eigenvalue weighted by Gasteiger charge is -2.27. The van der Waals surface area contributed by atoms with Crippen molar-refractivity contribution < 1.29 is 9.57 Å². The summed E-state index contributed by atoms with van der Waals surface area (Å²) in [6, 6.07) is 8.85. The molecule has 0 radical (unpaired) electrons. The second kappa shape index (κ2) is 4.34. The van der Waals surface area contributed by atoms with Gasteiger partial charge in [0.25, 0.3) is 0 Å². The molecule has 4 nitrogen and oxygen atoms in total. The van der Waals surface area contributed by atoms with E-state index in [0.717, 1.165) is 19.4 Å². The summed E-state index contributed by atoms with van der Waals surface area (Å²) in [6.07, 6.45) is 1.86. The highest BCUT2D eigenvalue weighted by Gasteiger charge is 2.40. The van der Waals surface area contributed by atoms with Crippen LogP contribution in [0.25, 0.3) is 10.9 Å². The van der Waals surface area contributed by atoms with Crippen molar-refractivity contribution in [3.63, 3.8) is 0 Å². The van der Waals surface area contributed by atoms with Crippen LogP contribution in [-0.2, 0) is 16.0 Å². The molecular weight excluding hydrogens is 240 g/mol. The quantitative estimate of drug-likeness (QED) is 0.900. The van der Waals surface area contributed by atoms with Crippen LogP contribution in [0.3, 0.4) is 0 Å². The molecule has 19 heavy (non-hydrogen) atoms. The zero-order valence-electron chi connectivity index (χ0n) is 11.1. The molecule has 100 valence electrons. The number of benzene rings is 1.